The first kappa shape index (κ1) is 27.2. The summed E-state index contributed by atoms with van der Waals surface area (Å²) in [4.78, 5) is 50.1. The maximum atomic E-state index is 13.1. The molecule has 196 valence electrons. The predicted octanol–water partition coefficient (Wildman–Crippen LogP) is 3.06. The SMILES string of the molecule is CCOC(=O)Nc1ccc(N2C(N)=C(C#N)C(c3ccccc3)C(C(=O)OC)=C2C(=O)OC)cc1[N+](=O)[O-]. The Morgan fingerprint density at radius 2 is 1.79 bits per heavy atom. The van der Waals surface area contributed by atoms with Gasteiger partial charge in [-0.2, -0.15) is 5.26 Å². The number of nitro benzene ring substituents is 1. The van der Waals surface area contributed by atoms with Crippen LogP contribution in [-0.4, -0.2) is 43.8 Å². The van der Waals surface area contributed by atoms with Crippen LogP contribution in [0.3, 0.4) is 0 Å². The van der Waals surface area contributed by atoms with Gasteiger partial charge >= 0.3 is 18.0 Å². The van der Waals surface area contributed by atoms with Crippen molar-refractivity contribution in [3.63, 3.8) is 0 Å². The van der Waals surface area contributed by atoms with Crippen LogP contribution >= 0.6 is 0 Å². The van der Waals surface area contributed by atoms with Gasteiger partial charge in [0.15, 0.2) is 0 Å². The number of benzene rings is 2. The number of hydrogen-bond donors (Lipinski definition) is 2. The normalized spacial score (nSPS) is 14.9. The molecule has 0 aromatic heterocycles. The molecule has 1 unspecified atom stereocenters. The Kier molecular flexibility index (Phi) is 8.29. The van der Waals surface area contributed by atoms with Gasteiger partial charge in [0.05, 0.1) is 54.6 Å². The number of methoxy groups -OCH3 is 2. The number of nitrogens with two attached hydrogens (primary N) is 1. The molecule has 3 N–H and O–H groups in total. The van der Waals surface area contributed by atoms with Crippen molar-refractivity contribution in [2.24, 2.45) is 5.73 Å². The zero-order valence-corrected chi connectivity index (χ0v) is 20.6. The number of allylic oxidation sites excluding steroid dienone is 1. The molecule has 0 aliphatic carbocycles. The number of esters is 2. The maximum Gasteiger partial charge on any atom is 0.411 e. The number of nitriles is 1. The summed E-state index contributed by atoms with van der Waals surface area (Å²) >= 11 is 0. The third-order valence-corrected chi connectivity index (χ3v) is 5.56. The van der Waals surface area contributed by atoms with E-state index in [0.717, 1.165) is 25.2 Å². The van der Waals surface area contributed by atoms with Crippen molar-refractivity contribution < 1.29 is 33.5 Å². The minimum atomic E-state index is -1.10. The summed E-state index contributed by atoms with van der Waals surface area (Å²) < 4.78 is 14.7. The Bertz CT molecular complexity index is 1390. The van der Waals surface area contributed by atoms with E-state index in [1.165, 1.54) is 12.1 Å². The average molecular weight is 521 g/mol. The number of nitro groups is 1. The highest BCUT2D eigenvalue weighted by Crippen LogP contribution is 2.44. The standard InChI is InChI=1S/C25H23N5O8/c1-4-38-25(33)28-17-11-10-15(12-18(17)30(34)35)29-21(24(32)37-3)20(23(31)36-2)19(16(13-26)22(29)27)14-8-6-5-7-9-14/h5-12,19H,4,27H2,1-3H3,(H,28,33). The zero-order chi connectivity index (χ0) is 28.0. The molecule has 1 heterocycles. The first-order valence-corrected chi connectivity index (χ1v) is 11.1. The monoisotopic (exact) mass is 521 g/mol. The molecular formula is C25H23N5O8. The lowest BCUT2D eigenvalue weighted by molar-refractivity contribution is -0.383. The second kappa shape index (κ2) is 11.6. The maximum absolute atomic E-state index is 13.1. The van der Waals surface area contributed by atoms with E-state index in [0.29, 0.717) is 5.56 Å². The summed E-state index contributed by atoms with van der Waals surface area (Å²) in [6, 6.07) is 13.9. The largest absolute Gasteiger partial charge is 0.466 e. The number of anilines is 2. The molecule has 0 spiro atoms. The highest BCUT2D eigenvalue weighted by molar-refractivity contribution is 6.06. The van der Waals surface area contributed by atoms with Crippen LogP contribution in [0.2, 0.25) is 0 Å². The second-order valence-electron chi connectivity index (χ2n) is 7.64. The van der Waals surface area contributed by atoms with Crippen LogP contribution in [-0.2, 0) is 23.8 Å². The van der Waals surface area contributed by atoms with E-state index in [9.17, 15) is 29.8 Å². The van der Waals surface area contributed by atoms with Crippen LogP contribution in [0.15, 0.2) is 71.2 Å². The van der Waals surface area contributed by atoms with Crippen LogP contribution < -0.4 is 16.0 Å². The van der Waals surface area contributed by atoms with Gasteiger partial charge in [-0.05, 0) is 24.6 Å². The molecule has 38 heavy (non-hydrogen) atoms. The van der Waals surface area contributed by atoms with Crippen molar-refractivity contribution >= 4 is 35.1 Å². The van der Waals surface area contributed by atoms with Gasteiger partial charge in [0.25, 0.3) is 5.69 Å². The summed E-state index contributed by atoms with van der Waals surface area (Å²) in [5, 5.41) is 24.2. The average Bonchev–Trinajstić information content (AvgIpc) is 2.92. The lowest BCUT2D eigenvalue weighted by atomic mass is 9.81. The number of nitrogens with one attached hydrogen (secondary N) is 1. The molecule has 1 amide bonds. The van der Waals surface area contributed by atoms with E-state index in [1.807, 2.05) is 6.07 Å². The van der Waals surface area contributed by atoms with Gasteiger partial charge in [0.2, 0.25) is 0 Å². The first-order chi connectivity index (χ1) is 18.2. The van der Waals surface area contributed by atoms with Gasteiger partial charge in [-0.3, -0.25) is 20.3 Å². The Labute approximate surface area is 216 Å². The molecular weight excluding hydrogens is 498 g/mol. The van der Waals surface area contributed by atoms with Crippen molar-refractivity contribution in [3.8, 4) is 6.07 Å². The van der Waals surface area contributed by atoms with E-state index >= 15 is 0 Å². The number of amides is 1. The fraction of sp³-hybridized carbons (Fsp3) is 0.200. The number of nitrogens with zero attached hydrogens (tertiary/aromatic N) is 3. The number of ether oxygens (including phenoxy) is 3. The topological polar surface area (TPSA) is 187 Å². The van der Waals surface area contributed by atoms with Gasteiger partial charge in [-0.15, -0.1) is 0 Å². The van der Waals surface area contributed by atoms with Crippen LogP contribution in [0.25, 0.3) is 0 Å². The number of carbonyl (C=O) groups excluding carboxylic acids is 3. The number of hydrogen-bond acceptors (Lipinski definition) is 11. The molecule has 0 bridgehead atoms. The lowest BCUT2D eigenvalue weighted by Crippen LogP contribution is -2.40. The van der Waals surface area contributed by atoms with E-state index in [-0.39, 0.29) is 34.9 Å². The van der Waals surface area contributed by atoms with E-state index in [2.05, 4.69) is 5.32 Å². The fourth-order valence-electron chi connectivity index (χ4n) is 3.97. The summed E-state index contributed by atoms with van der Waals surface area (Å²) in [5.74, 6) is -3.32. The summed E-state index contributed by atoms with van der Waals surface area (Å²) in [6.45, 7) is 1.60. The number of carbonyl (C=O) groups is 3. The van der Waals surface area contributed by atoms with Crippen molar-refractivity contribution in [2.75, 3.05) is 31.0 Å². The second-order valence-corrected chi connectivity index (χ2v) is 7.64. The molecule has 1 aliphatic heterocycles. The van der Waals surface area contributed by atoms with Crippen molar-refractivity contribution in [3.05, 3.63) is 86.9 Å². The molecule has 1 atom stereocenters. The molecule has 0 saturated carbocycles. The predicted molar refractivity (Wildman–Crippen MR) is 133 cm³/mol. The van der Waals surface area contributed by atoms with Gasteiger partial charge in [-0.25, -0.2) is 14.4 Å². The summed E-state index contributed by atoms with van der Waals surface area (Å²) in [6.07, 6.45) is -0.915. The highest BCUT2D eigenvalue weighted by atomic mass is 16.6. The van der Waals surface area contributed by atoms with Crippen LogP contribution in [0, 0.1) is 21.4 Å². The van der Waals surface area contributed by atoms with E-state index in [4.69, 9.17) is 19.9 Å². The fourth-order valence-corrected chi connectivity index (χ4v) is 3.97. The molecule has 0 fully saturated rings. The third kappa shape index (κ3) is 5.09. The van der Waals surface area contributed by atoms with Crippen molar-refractivity contribution in [1.29, 1.82) is 5.26 Å². The molecule has 0 saturated heterocycles. The Hall–Kier alpha value is -5.38. The van der Waals surface area contributed by atoms with Gasteiger partial charge in [-0.1, -0.05) is 30.3 Å². The molecule has 13 nitrogen and oxygen atoms in total. The van der Waals surface area contributed by atoms with Crippen LogP contribution in [0.1, 0.15) is 18.4 Å². The quantitative estimate of drug-likeness (QED) is 0.236. The van der Waals surface area contributed by atoms with Crippen LogP contribution in [0.5, 0.6) is 0 Å². The molecule has 13 heteroatoms. The lowest BCUT2D eigenvalue weighted by Gasteiger charge is -2.35. The van der Waals surface area contributed by atoms with Gasteiger partial charge in [0.1, 0.15) is 17.2 Å². The third-order valence-electron chi connectivity index (χ3n) is 5.56. The summed E-state index contributed by atoms with van der Waals surface area (Å²) in [7, 11) is 2.18. The smallest absolute Gasteiger partial charge is 0.411 e. The van der Waals surface area contributed by atoms with Crippen molar-refractivity contribution in [2.45, 2.75) is 12.8 Å². The van der Waals surface area contributed by atoms with E-state index in [1.54, 1.807) is 37.3 Å². The summed E-state index contributed by atoms with van der Waals surface area (Å²) in [5.41, 5.74) is 5.26. The van der Waals surface area contributed by atoms with Gasteiger partial charge < -0.3 is 19.9 Å². The minimum Gasteiger partial charge on any atom is -0.466 e. The van der Waals surface area contributed by atoms with E-state index < -0.39 is 40.3 Å². The minimum absolute atomic E-state index is 0.0376. The molecule has 2 aromatic carbocycles. The van der Waals surface area contributed by atoms with Gasteiger partial charge in [0, 0.05) is 6.07 Å². The number of rotatable bonds is 7. The molecule has 1 aliphatic rings. The molecule has 2 aromatic rings. The first-order valence-electron chi connectivity index (χ1n) is 11.1. The zero-order valence-electron chi connectivity index (χ0n) is 20.6. The van der Waals surface area contributed by atoms with Crippen LogP contribution in [0.4, 0.5) is 21.9 Å². The Balaban J connectivity index is 2.34. The molecule has 0 radical (unpaired) electrons. The Morgan fingerprint density at radius 1 is 1.13 bits per heavy atom. The highest BCUT2D eigenvalue weighted by Gasteiger charge is 2.43. The molecule has 3 rings (SSSR count). The van der Waals surface area contributed by atoms with Crippen molar-refractivity contribution in [1.82, 2.24) is 0 Å². The Morgan fingerprint density at radius 3 is 2.34 bits per heavy atom.